The van der Waals surface area contributed by atoms with Gasteiger partial charge in [-0.1, -0.05) is 30.3 Å². The summed E-state index contributed by atoms with van der Waals surface area (Å²) >= 11 is 1.46. The normalized spacial score (nSPS) is 10.8. The molecule has 4 rings (SSSR count). The average molecular weight is 345 g/mol. The fraction of sp³-hybridized carbons (Fsp3) is 0.0500. The van der Waals surface area contributed by atoms with Crippen LogP contribution < -0.4 is 4.90 Å². The van der Waals surface area contributed by atoms with Crippen LogP contribution in [0.25, 0.3) is 10.9 Å². The molecule has 0 saturated heterocycles. The van der Waals surface area contributed by atoms with E-state index in [0.717, 1.165) is 22.3 Å². The third kappa shape index (κ3) is 2.90. The van der Waals surface area contributed by atoms with E-state index < -0.39 is 0 Å². The molecule has 5 heteroatoms. The second-order valence-corrected chi connectivity index (χ2v) is 6.46. The molecule has 0 bridgehead atoms. The number of rotatable bonds is 3. The molecule has 0 radical (unpaired) electrons. The summed E-state index contributed by atoms with van der Waals surface area (Å²) in [5.41, 5.74) is 3.11. The van der Waals surface area contributed by atoms with Crippen molar-refractivity contribution < 1.29 is 4.79 Å². The maximum Gasteiger partial charge on any atom is 0.265 e. The van der Waals surface area contributed by atoms with Crippen molar-refractivity contribution in [3.63, 3.8) is 0 Å². The number of carbonyl (C=O) groups is 1. The number of aryl methyl sites for hydroxylation is 1. The number of nitrogens with zero attached hydrogens (tertiary/aromatic N) is 3. The summed E-state index contributed by atoms with van der Waals surface area (Å²) in [5, 5.41) is 3.45. The average Bonchev–Trinajstić information content (AvgIpc) is 3.08. The van der Waals surface area contributed by atoms with E-state index in [2.05, 4.69) is 9.97 Å². The minimum atomic E-state index is -0.112. The fourth-order valence-corrected chi connectivity index (χ4v) is 3.57. The van der Waals surface area contributed by atoms with Gasteiger partial charge in [-0.3, -0.25) is 14.7 Å². The van der Waals surface area contributed by atoms with Gasteiger partial charge in [0, 0.05) is 22.5 Å². The van der Waals surface area contributed by atoms with Gasteiger partial charge in [0.2, 0.25) is 0 Å². The summed E-state index contributed by atoms with van der Waals surface area (Å²) in [4.78, 5) is 24.0. The summed E-state index contributed by atoms with van der Waals surface area (Å²) in [5.74, 6) is -0.112. The first-order valence-corrected chi connectivity index (χ1v) is 8.77. The third-order valence-corrected chi connectivity index (χ3v) is 4.84. The van der Waals surface area contributed by atoms with Crippen LogP contribution in [0.15, 0.2) is 72.2 Å². The van der Waals surface area contributed by atoms with Gasteiger partial charge in [-0.15, -0.1) is 11.3 Å². The van der Waals surface area contributed by atoms with Gasteiger partial charge in [0.05, 0.1) is 16.9 Å². The van der Waals surface area contributed by atoms with E-state index in [-0.39, 0.29) is 5.91 Å². The van der Waals surface area contributed by atoms with Crippen molar-refractivity contribution >= 4 is 39.0 Å². The monoisotopic (exact) mass is 345 g/mol. The summed E-state index contributed by atoms with van der Waals surface area (Å²) in [6.07, 6.45) is 1.73. The van der Waals surface area contributed by atoms with Gasteiger partial charge in [0.15, 0.2) is 5.13 Å². The van der Waals surface area contributed by atoms with Crippen LogP contribution in [0.5, 0.6) is 0 Å². The highest BCUT2D eigenvalue weighted by Crippen LogP contribution is 2.31. The number of anilines is 2. The van der Waals surface area contributed by atoms with Crippen LogP contribution >= 0.6 is 11.3 Å². The second-order valence-electron chi connectivity index (χ2n) is 5.62. The molecule has 0 N–H and O–H groups in total. The molecule has 122 valence electrons. The van der Waals surface area contributed by atoms with Crippen LogP contribution in [0.3, 0.4) is 0 Å². The van der Waals surface area contributed by atoms with Gasteiger partial charge in [-0.2, -0.15) is 0 Å². The Morgan fingerprint density at radius 1 is 1.00 bits per heavy atom. The van der Waals surface area contributed by atoms with E-state index in [1.807, 2.05) is 73.0 Å². The number of pyridine rings is 1. The van der Waals surface area contributed by atoms with Gasteiger partial charge in [0.1, 0.15) is 0 Å². The lowest BCUT2D eigenvalue weighted by Gasteiger charge is -2.20. The summed E-state index contributed by atoms with van der Waals surface area (Å²) < 4.78 is 0. The molecule has 2 aromatic heterocycles. The minimum absolute atomic E-state index is 0.112. The Morgan fingerprint density at radius 2 is 1.84 bits per heavy atom. The Hall–Kier alpha value is -3.05. The molecule has 0 saturated carbocycles. The summed E-state index contributed by atoms with van der Waals surface area (Å²) in [6, 6.07) is 19.0. The molecular formula is C20H15N3OS. The van der Waals surface area contributed by atoms with Crippen LogP contribution in [-0.4, -0.2) is 15.9 Å². The molecule has 0 fully saturated rings. The van der Waals surface area contributed by atoms with Crippen LogP contribution in [0, 0.1) is 6.92 Å². The van der Waals surface area contributed by atoms with Crippen molar-refractivity contribution in [3.8, 4) is 0 Å². The Bertz CT molecular complexity index is 1040. The zero-order valence-corrected chi connectivity index (χ0v) is 14.4. The standard InChI is InChI=1S/C20H15N3OS/c1-14-13-25-20(22-14)23(15-7-3-2-4-8-15)19(24)17-9-5-11-18-16(17)10-6-12-21-18/h2-13H,1H3. The topological polar surface area (TPSA) is 46.1 Å². The van der Waals surface area contributed by atoms with E-state index in [9.17, 15) is 4.79 Å². The highest BCUT2D eigenvalue weighted by molar-refractivity contribution is 7.14. The first kappa shape index (κ1) is 15.5. The zero-order valence-electron chi connectivity index (χ0n) is 13.6. The smallest absolute Gasteiger partial charge is 0.265 e. The van der Waals surface area contributed by atoms with Crippen LogP contribution in [-0.2, 0) is 0 Å². The van der Waals surface area contributed by atoms with E-state index >= 15 is 0 Å². The van der Waals surface area contributed by atoms with Gasteiger partial charge < -0.3 is 0 Å². The number of hydrogen-bond donors (Lipinski definition) is 0. The zero-order chi connectivity index (χ0) is 17.2. The number of carbonyl (C=O) groups excluding carboxylic acids is 1. The lowest BCUT2D eigenvalue weighted by Crippen LogP contribution is -2.26. The fourth-order valence-electron chi connectivity index (χ4n) is 2.75. The predicted octanol–water partition coefficient (Wildman–Crippen LogP) is 4.98. The largest absolute Gasteiger partial charge is 0.268 e. The molecule has 2 heterocycles. The van der Waals surface area contributed by atoms with E-state index in [0.29, 0.717) is 10.7 Å². The molecule has 4 aromatic rings. The highest BCUT2D eigenvalue weighted by atomic mass is 32.1. The maximum absolute atomic E-state index is 13.4. The summed E-state index contributed by atoms with van der Waals surface area (Å²) in [7, 11) is 0. The van der Waals surface area contributed by atoms with Crippen molar-refractivity contribution in [1.82, 2.24) is 9.97 Å². The van der Waals surface area contributed by atoms with Crippen molar-refractivity contribution in [2.45, 2.75) is 6.92 Å². The van der Waals surface area contributed by atoms with Crippen LogP contribution in [0.4, 0.5) is 10.8 Å². The number of amides is 1. The molecule has 0 spiro atoms. The van der Waals surface area contributed by atoms with Gasteiger partial charge >= 0.3 is 0 Å². The maximum atomic E-state index is 13.4. The number of fused-ring (bicyclic) bond motifs is 1. The molecule has 0 aliphatic carbocycles. The number of benzene rings is 2. The lowest BCUT2D eigenvalue weighted by molar-refractivity contribution is 0.100. The van der Waals surface area contributed by atoms with E-state index in [1.165, 1.54) is 11.3 Å². The second kappa shape index (κ2) is 6.45. The Kier molecular flexibility index (Phi) is 3.99. The van der Waals surface area contributed by atoms with Crippen molar-refractivity contribution in [3.05, 3.63) is 83.5 Å². The molecule has 0 unspecified atom stereocenters. The molecule has 0 aliphatic heterocycles. The quantitative estimate of drug-likeness (QED) is 0.526. The first-order valence-electron chi connectivity index (χ1n) is 7.89. The minimum Gasteiger partial charge on any atom is -0.268 e. The van der Waals surface area contributed by atoms with Crippen LogP contribution in [0.1, 0.15) is 16.1 Å². The Labute approximate surface area is 149 Å². The van der Waals surface area contributed by atoms with E-state index in [1.54, 1.807) is 11.1 Å². The molecule has 2 aromatic carbocycles. The van der Waals surface area contributed by atoms with Crippen LogP contribution in [0.2, 0.25) is 0 Å². The highest BCUT2D eigenvalue weighted by Gasteiger charge is 2.23. The molecule has 25 heavy (non-hydrogen) atoms. The van der Waals surface area contributed by atoms with Gasteiger partial charge in [-0.05, 0) is 37.3 Å². The number of aromatic nitrogens is 2. The third-order valence-electron chi connectivity index (χ3n) is 3.89. The Morgan fingerprint density at radius 3 is 2.60 bits per heavy atom. The SMILES string of the molecule is Cc1csc(N(C(=O)c2cccc3ncccc23)c2ccccc2)n1. The van der Waals surface area contributed by atoms with Gasteiger partial charge in [0.25, 0.3) is 5.91 Å². The molecule has 1 amide bonds. The van der Waals surface area contributed by atoms with Gasteiger partial charge in [-0.25, -0.2) is 4.98 Å². The predicted molar refractivity (Wildman–Crippen MR) is 102 cm³/mol. The van der Waals surface area contributed by atoms with Crippen molar-refractivity contribution in [2.75, 3.05) is 4.90 Å². The number of para-hydroxylation sites is 1. The molecule has 4 nitrogen and oxygen atoms in total. The van der Waals surface area contributed by atoms with Crippen molar-refractivity contribution in [1.29, 1.82) is 0 Å². The molecule has 0 atom stereocenters. The molecular weight excluding hydrogens is 330 g/mol. The van der Waals surface area contributed by atoms with E-state index in [4.69, 9.17) is 0 Å². The summed E-state index contributed by atoms with van der Waals surface area (Å²) in [6.45, 7) is 1.93. The first-order chi connectivity index (χ1) is 12.2. The Balaban J connectivity index is 1.88. The number of thiazole rings is 1. The van der Waals surface area contributed by atoms with Crippen molar-refractivity contribution in [2.24, 2.45) is 0 Å². The lowest BCUT2D eigenvalue weighted by atomic mass is 10.1. The number of hydrogen-bond acceptors (Lipinski definition) is 4. The molecule has 0 aliphatic rings.